The Labute approximate surface area is 156 Å². The minimum Gasteiger partial charge on any atom is -0.493 e. The molecule has 0 bridgehead atoms. The molecule has 2 aliphatic heterocycles. The molecule has 0 aromatic heterocycles. The molecule has 26 heavy (non-hydrogen) atoms. The number of nitrogens with zero attached hydrogens (tertiary/aromatic N) is 1. The van der Waals surface area contributed by atoms with Gasteiger partial charge in [0.1, 0.15) is 18.5 Å². The van der Waals surface area contributed by atoms with Crippen molar-refractivity contribution in [2.24, 2.45) is 0 Å². The van der Waals surface area contributed by atoms with E-state index in [0.717, 1.165) is 5.56 Å². The lowest BCUT2D eigenvalue weighted by molar-refractivity contribution is -0.140. The van der Waals surface area contributed by atoms with Gasteiger partial charge in [0.05, 0.1) is 14.2 Å². The van der Waals surface area contributed by atoms with E-state index in [2.05, 4.69) is 0 Å². The second kappa shape index (κ2) is 8.35. The summed E-state index contributed by atoms with van der Waals surface area (Å²) in [6.45, 7) is 1.91. The van der Waals surface area contributed by atoms with Crippen LogP contribution in [0, 0.1) is 0 Å². The second-order valence-corrected chi connectivity index (χ2v) is 7.06. The quantitative estimate of drug-likeness (QED) is 0.581. The van der Waals surface area contributed by atoms with Gasteiger partial charge < -0.3 is 23.8 Å². The van der Waals surface area contributed by atoms with Crippen LogP contribution in [-0.4, -0.2) is 68.3 Å². The zero-order valence-corrected chi connectivity index (χ0v) is 15.5. The maximum Gasteiger partial charge on any atom is 0.320 e. The lowest BCUT2D eigenvalue weighted by atomic mass is 10.1. The van der Waals surface area contributed by atoms with Crippen molar-refractivity contribution in [3.8, 4) is 17.2 Å². The van der Waals surface area contributed by atoms with Gasteiger partial charge in [-0.2, -0.15) is 0 Å². The van der Waals surface area contributed by atoms with Crippen LogP contribution in [-0.2, 0) is 14.3 Å². The van der Waals surface area contributed by atoms with Crippen molar-refractivity contribution in [3.63, 3.8) is 0 Å². The van der Waals surface area contributed by atoms with Gasteiger partial charge >= 0.3 is 5.97 Å². The standard InChI is InChI=1S/C18H21NO6S/c1-22-13-9-12(10-14-17(13)25-7-6-24-14)3-4-16(20)19-5-8-26-15(11-19)18(21)23-2/h3-4,9-10,15H,5-8,11H2,1-2H3/b4-3+/t15-/m0/s1. The molecular formula is C18H21NO6S. The van der Waals surface area contributed by atoms with Gasteiger partial charge in [-0.1, -0.05) is 0 Å². The van der Waals surface area contributed by atoms with Gasteiger partial charge in [-0.15, -0.1) is 11.8 Å². The summed E-state index contributed by atoms with van der Waals surface area (Å²) in [6.07, 6.45) is 3.20. The highest BCUT2D eigenvalue weighted by molar-refractivity contribution is 8.00. The van der Waals surface area contributed by atoms with Crippen molar-refractivity contribution >= 4 is 29.7 Å². The number of carbonyl (C=O) groups excluding carboxylic acids is 2. The Morgan fingerprint density at radius 1 is 1.27 bits per heavy atom. The summed E-state index contributed by atoms with van der Waals surface area (Å²) >= 11 is 1.51. The number of rotatable bonds is 4. The van der Waals surface area contributed by atoms with E-state index >= 15 is 0 Å². The molecule has 0 aliphatic carbocycles. The first-order chi connectivity index (χ1) is 12.6. The molecule has 1 aromatic carbocycles. The van der Waals surface area contributed by atoms with Crippen molar-refractivity contribution < 1.29 is 28.5 Å². The molecule has 3 rings (SSSR count). The largest absolute Gasteiger partial charge is 0.493 e. The third-order valence-corrected chi connectivity index (χ3v) is 5.27. The number of esters is 1. The van der Waals surface area contributed by atoms with Crippen LogP contribution in [0.1, 0.15) is 5.56 Å². The minimum atomic E-state index is -0.333. The van der Waals surface area contributed by atoms with Crippen LogP contribution in [0.25, 0.3) is 6.08 Å². The van der Waals surface area contributed by atoms with E-state index in [-0.39, 0.29) is 17.1 Å². The maximum absolute atomic E-state index is 12.5. The molecule has 8 heteroatoms. The van der Waals surface area contributed by atoms with Crippen LogP contribution >= 0.6 is 11.8 Å². The summed E-state index contributed by atoms with van der Waals surface area (Å²) in [6, 6.07) is 3.60. The lowest BCUT2D eigenvalue weighted by Crippen LogP contribution is -2.44. The number of thioether (sulfide) groups is 1. The number of hydrogen-bond donors (Lipinski definition) is 0. The highest BCUT2D eigenvalue weighted by Gasteiger charge is 2.28. The fourth-order valence-corrected chi connectivity index (χ4v) is 3.91. The number of fused-ring (bicyclic) bond motifs is 1. The summed E-state index contributed by atoms with van der Waals surface area (Å²) in [5, 5.41) is -0.333. The number of benzene rings is 1. The van der Waals surface area contributed by atoms with Crippen molar-refractivity contribution in [2.45, 2.75) is 5.25 Å². The predicted molar refractivity (Wildman–Crippen MR) is 97.9 cm³/mol. The molecule has 1 saturated heterocycles. The number of hydrogen-bond acceptors (Lipinski definition) is 7. The Morgan fingerprint density at radius 3 is 2.85 bits per heavy atom. The molecular weight excluding hydrogens is 358 g/mol. The summed E-state index contributed by atoms with van der Waals surface area (Å²) in [7, 11) is 2.92. The zero-order valence-electron chi connectivity index (χ0n) is 14.7. The SMILES string of the molecule is COC(=O)[C@@H]1CN(C(=O)/C=C/c2cc(OC)c3c(c2)OCCO3)CCS1. The molecule has 2 aliphatic rings. The lowest BCUT2D eigenvalue weighted by Gasteiger charge is -2.30. The second-order valence-electron chi connectivity index (χ2n) is 5.75. The van der Waals surface area contributed by atoms with Crippen molar-refractivity contribution in [1.29, 1.82) is 0 Å². The van der Waals surface area contributed by atoms with Gasteiger partial charge in [0.2, 0.25) is 11.7 Å². The van der Waals surface area contributed by atoms with Crippen molar-refractivity contribution in [1.82, 2.24) is 4.90 Å². The van der Waals surface area contributed by atoms with Crippen LogP contribution in [0.15, 0.2) is 18.2 Å². The first-order valence-electron chi connectivity index (χ1n) is 8.26. The van der Waals surface area contributed by atoms with Crippen LogP contribution in [0.3, 0.4) is 0 Å². The molecule has 0 saturated carbocycles. The molecule has 0 radical (unpaired) electrons. The van der Waals surface area contributed by atoms with Crippen LogP contribution in [0.5, 0.6) is 17.2 Å². The summed E-state index contributed by atoms with van der Waals surface area (Å²) in [4.78, 5) is 25.8. The third-order valence-electron chi connectivity index (χ3n) is 4.11. The van der Waals surface area contributed by atoms with E-state index in [9.17, 15) is 9.59 Å². The molecule has 0 N–H and O–H groups in total. The third kappa shape index (κ3) is 4.07. The van der Waals surface area contributed by atoms with Gasteiger partial charge in [0.25, 0.3) is 0 Å². The first kappa shape index (κ1) is 18.4. The molecule has 1 amide bonds. The van der Waals surface area contributed by atoms with Crippen LogP contribution < -0.4 is 14.2 Å². The van der Waals surface area contributed by atoms with Crippen molar-refractivity contribution in [2.75, 3.05) is 46.3 Å². The highest BCUT2D eigenvalue weighted by Crippen LogP contribution is 2.40. The normalized spacial score (nSPS) is 19.3. The molecule has 1 fully saturated rings. The highest BCUT2D eigenvalue weighted by atomic mass is 32.2. The Balaban J connectivity index is 1.71. The van der Waals surface area contributed by atoms with Gasteiger partial charge in [-0.25, -0.2) is 0 Å². The molecule has 1 atom stereocenters. The van der Waals surface area contributed by atoms with Crippen LogP contribution in [0.2, 0.25) is 0 Å². The van der Waals surface area contributed by atoms with E-state index in [1.165, 1.54) is 24.9 Å². The number of carbonyl (C=O) groups is 2. The average Bonchev–Trinajstić information content (AvgIpc) is 2.70. The van der Waals surface area contributed by atoms with E-state index < -0.39 is 0 Å². The Kier molecular flexibility index (Phi) is 5.92. The van der Waals surface area contributed by atoms with E-state index in [1.54, 1.807) is 24.2 Å². The molecule has 0 spiro atoms. The zero-order chi connectivity index (χ0) is 18.5. The summed E-state index contributed by atoms with van der Waals surface area (Å²) in [5.74, 6) is 2.01. The molecule has 0 unspecified atom stereocenters. The Bertz CT molecular complexity index is 703. The van der Waals surface area contributed by atoms with E-state index in [4.69, 9.17) is 18.9 Å². The Hall–Kier alpha value is -2.35. The summed E-state index contributed by atoms with van der Waals surface area (Å²) in [5.41, 5.74) is 0.773. The predicted octanol–water partition coefficient (Wildman–Crippen LogP) is 1.60. The first-order valence-corrected chi connectivity index (χ1v) is 9.31. The van der Waals surface area contributed by atoms with Crippen molar-refractivity contribution in [3.05, 3.63) is 23.8 Å². The topological polar surface area (TPSA) is 74.3 Å². The van der Waals surface area contributed by atoms with Gasteiger partial charge in [-0.05, 0) is 23.8 Å². The molecule has 1 aromatic rings. The fraction of sp³-hybridized carbons (Fsp3) is 0.444. The smallest absolute Gasteiger partial charge is 0.320 e. The average molecular weight is 379 g/mol. The van der Waals surface area contributed by atoms with Gasteiger partial charge in [-0.3, -0.25) is 9.59 Å². The number of methoxy groups -OCH3 is 2. The minimum absolute atomic E-state index is 0.145. The van der Waals surface area contributed by atoms with Gasteiger partial charge in [0, 0.05) is 24.9 Å². The molecule has 140 valence electrons. The Morgan fingerprint density at radius 2 is 2.08 bits per heavy atom. The van der Waals surface area contributed by atoms with Gasteiger partial charge in [0.15, 0.2) is 11.5 Å². The monoisotopic (exact) mass is 379 g/mol. The number of ether oxygens (including phenoxy) is 4. The fourth-order valence-electron chi connectivity index (χ4n) is 2.79. The van der Waals surface area contributed by atoms with E-state index in [1.807, 2.05) is 6.07 Å². The maximum atomic E-state index is 12.5. The molecule has 7 nitrogen and oxygen atoms in total. The molecule has 2 heterocycles. The number of amides is 1. The van der Waals surface area contributed by atoms with E-state index in [0.29, 0.717) is 49.3 Å². The van der Waals surface area contributed by atoms with Crippen LogP contribution in [0.4, 0.5) is 0 Å². The summed E-state index contributed by atoms with van der Waals surface area (Å²) < 4.78 is 21.3.